The molecule has 1 atom stereocenters. The zero-order chi connectivity index (χ0) is 15.1. The van der Waals surface area contributed by atoms with Gasteiger partial charge in [-0.25, -0.2) is 0 Å². The summed E-state index contributed by atoms with van der Waals surface area (Å²) >= 11 is 3.75. The van der Waals surface area contributed by atoms with Gasteiger partial charge in [-0.1, -0.05) is 0 Å². The Hall–Kier alpha value is -1.20. The molecule has 116 valence electrons. The Morgan fingerprint density at radius 1 is 1.36 bits per heavy atom. The fourth-order valence-electron chi connectivity index (χ4n) is 3.10. The van der Waals surface area contributed by atoms with E-state index in [2.05, 4.69) is 16.8 Å². The summed E-state index contributed by atoms with van der Waals surface area (Å²) in [4.78, 5) is 14.3. The zero-order valence-electron chi connectivity index (χ0n) is 12.7. The molecule has 3 nitrogen and oxygen atoms in total. The first-order chi connectivity index (χ1) is 10.7. The van der Waals surface area contributed by atoms with Crippen LogP contribution < -0.4 is 5.32 Å². The number of hydrogen-bond donors (Lipinski definition) is 1. The van der Waals surface area contributed by atoms with Gasteiger partial charge in [-0.2, -0.15) is 11.8 Å². The van der Waals surface area contributed by atoms with E-state index in [9.17, 15) is 4.79 Å². The smallest absolute Gasteiger partial charge is 0.254 e. The van der Waals surface area contributed by atoms with Crippen LogP contribution in [0.4, 0.5) is 0 Å². The van der Waals surface area contributed by atoms with E-state index in [0.29, 0.717) is 12.0 Å². The number of nitrogens with one attached hydrogen (secondary N) is 1. The van der Waals surface area contributed by atoms with Gasteiger partial charge in [0.2, 0.25) is 0 Å². The molecule has 0 aromatic carbocycles. The van der Waals surface area contributed by atoms with Crippen molar-refractivity contribution in [3.05, 3.63) is 40.5 Å². The fourth-order valence-corrected chi connectivity index (χ4v) is 5.54. The summed E-state index contributed by atoms with van der Waals surface area (Å²) in [5.41, 5.74) is 2.21. The van der Waals surface area contributed by atoms with Crippen LogP contribution in [0.1, 0.15) is 40.6 Å². The molecule has 1 amide bonds. The Morgan fingerprint density at radius 2 is 2.14 bits per heavy atom. The summed E-state index contributed by atoms with van der Waals surface area (Å²) in [6.45, 7) is 2.14. The van der Waals surface area contributed by atoms with Gasteiger partial charge in [0.25, 0.3) is 5.91 Å². The molecule has 4 rings (SSSR count). The lowest BCUT2D eigenvalue weighted by Crippen LogP contribution is -2.35. The highest BCUT2D eigenvalue weighted by atomic mass is 32.2. The monoisotopic (exact) mass is 332 g/mol. The average Bonchev–Trinajstić information content (AvgIpc) is 3.10. The number of aromatic nitrogens is 1. The molecule has 5 heteroatoms. The van der Waals surface area contributed by atoms with Crippen molar-refractivity contribution in [2.24, 2.45) is 5.92 Å². The lowest BCUT2D eigenvalue weighted by Gasteiger charge is -2.16. The minimum absolute atomic E-state index is 0.118. The Morgan fingerprint density at radius 3 is 2.86 bits per heavy atom. The Bertz CT molecular complexity index is 686. The number of thiophene rings is 1. The molecule has 2 aromatic heterocycles. The summed E-state index contributed by atoms with van der Waals surface area (Å²) < 4.78 is 2.09. The van der Waals surface area contributed by atoms with E-state index < -0.39 is 0 Å². The maximum atomic E-state index is 12.9. The largest absolute Gasteiger partial charge is 0.349 e. The van der Waals surface area contributed by atoms with Crippen molar-refractivity contribution < 1.29 is 4.79 Å². The van der Waals surface area contributed by atoms with E-state index in [4.69, 9.17) is 0 Å². The van der Waals surface area contributed by atoms with Crippen molar-refractivity contribution >= 4 is 29.0 Å². The van der Waals surface area contributed by atoms with E-state index in [-0.39, 0.29) is 5.91 Å². The lowest BCUT2D eigenvalue weighted by atomic mass is 10.1. The molecular formula is C17H20N2OS2. The molecule has 3 heterocycles. The number of hydrogen-bond acceptors (Lipinski definition) is 3. The quantitative estimate of drug-likeness (QED) is 0.922. The highest BCUT2D eigenvalue weighted by Gasteiger charge is 2.32. The predicted octanol–water partition coefficient (Wildman–Crippen LogP) is 3.86. The topological polar surface area (TPSA) is 34.0 Å². The predicted molar refractivity (Wildman–Crippen MR) is 93.2 cm³/mol. The molecule has 1 fully saturated rings. The summed E-state index contributed by atoms with van der Waals surface area (Å²) in [6, 6.07) is 4.32. The molecule has 0 spiro atoms. The van der Waals surface area contributed by atoms with Gasteiger partial charge in [0.05, 0.1) is 5.56 Å². The maximum absolute atomic E-state index is 12.9. The molecule has 1 saturated carbocycles. The Kier molecular flexibility index (Phi) is 3.78. The van der Waals surface area contributed by atoms with Crippen LogP contribution in [0.5, 0.6) is 0 Å². The van der Waals surface area contributed by atoms with Crippen LogP contribution in [0.3, 0.4) is 0 Å². The molecule has 0 radical (unpaired) electrons. The van der Waals surface area contributed by atoms with Gasteiger partial charge in [-0.15, -0.1) is 11.3 Å². The van der Waals surface area contributed by atoms with Crippen LogP contribution >= 0.6 is 23.1 Å². The Balaban J connectivity index is 1.72. The molecule has 0 saturated heterocycles. The highest BCUT2D eigenvalue weighted by molar-refractivity contribution is 7.98. The van der Waals surface area contributed by atoms with E-state index in [1.165, 1.54) is 23.3 Å². The third-order valence-corrected chi connectivity index (χ3v) is 6.97. The zero-order valence-corrected chi connectivity index (χ0v) is 14.3. The maximum Gasteiger partial charge on any atom is 0.254 e. The first-order valence-corrected chi connectivity index (χ1v) is 9.87. The summed E-state index contributed by atoms with van der Waals surface area (Å²) in [5.74, 6) is 2.96. The van der Waals surface area contributed by atoms with Gasteiger partial charge in [0.15, 0.2) is 0 Å². The second kappa shape index (κ2) is 5.78. The highest BCUT2D eigenvalue weighted by Crippen LogP contribution is 2.39. The number of fused-ring (bicyclic) bond motifs is 1. The van der Waals surface area contributed by atoms with Crippen molar-refractivity contribution in [1.29, 1.82) is 0 Å². The van der Waals surface area contributed by atoms with Gasteiger partial charge in [0, 0.05) is 29.1 Å². The van der Waals surface area contributed by atoms with Crippen LogP contribution in [0, 0.1) is 5.92 Å². The van der Waals surface area contributed by atoms with Crippen molar-refractivity contribution in [2.45, 2.75) is 38.0 Å². The molecule has 1 aliphatic carbocycles. The minimum Gasteiger partial charge on any atom is -0.349 e. The summed E-state index contributed by atoms with van der Waals surface area (Å²) in [6.07, 6.45) is 7.59. The van der Waals surface area contributed by atoms with Crippen LogP contribution in [0.15, 0.2) is 24.5 Å². The lowest BCUT2D eigenvalue weighted by molar-refractivity contribution is 0.0935. The van der Waals surface area contributed by atoms with Crippen LogP contribution in [-0.2, 0) is 12.2 Å². The third kappa shape index (κ3) is 2.61. The number of thioether (sulfide) groups is 1. The first-order valence-electron chi connectivity index (χ1n) is 7.90. The van der Waals surface area contributed by atoms with E-state index >= 15 is 0 Å². The summed E-state index contributed by atoms with van der Waals surface area (Å²) in [7, 11) is 0. The molecule has 2 aliphatic rings. The number of carbonyl (C=O) groups is 1. The molecule has 22 heavy (non-hydrogen) atoms. The molecule has 0 unspecified atom stereocenters. The molecule has 2 aromatic rings. The standard InChI is InChI=1S/C17H20N2OS2/c1-11(12-4-5-12)18-16(20)15-13-6-9-21-10-14(13)22-17(15)19-7-2-3-8-19/h2-3,7-8,11-12H,4-6,9-10H2,1H3,(H,18,20)/t11-/m1/s1. The molecule has 1 aliphatic heterocycles. The van der Waals surface area contributed by atoms with Crippen LogP contribution in [0.25, 0.3) is 5.00 Å². The minimum atomic E-state index is 0.118. The molecule has 0 bridgehead atoms. The van der Waals surface area contributed by atoms with E-state index in [0.717, 1.165) is 28.5 Å². The van der Waals surface area contributed by atoms with Crippen molar-refractivity contribution in [3.63, 3.8) is 0 Å². The number of rotatable bonds is 4. The Labute approximate surface area is 139 Å². The van der Waals surface area contributed by atoms with E-state index in [1.807, 2.05) is 36.3 Å². The van der Waals surface area contributed by atoms with E-state index in [1.54, 1.807) is 11.3 Å². The first kappa shape index (κ1) is 14.4. The van der Waals surface area contributed by atoms with Crippen LogP contribution in [-0.4, -0.2) is 22.3 Å². The van der Waals surface area contributed by atoms with Gasteiger partial charge in [-0.05, 0) is 55.6 Å². The fraction of sp³-hybridized carbons (Fsp3) is 0.471. The average molecular weight is 332 g/mol. The van der Waals surface area contributed by atoms with Gasteiger partial charge in [0.1, 0.15) is 5.00 Å². The second-order valence-corrected chi connectivity index (χ2v) is 8.37. The molecular weight excluding hydrogens is 312 g/mol. The number of nitrogens with zero attached hydrogens (tertiary/aromatic N) is 1. The SMILES string of the molecule is C[C@@H](NC(=O)c1c(-n2cccc2)sc2c1CCSC2)C1CC1. The number of amides is 1. The molecule has 1 N–H and O–H groups in total. The summed E-state index contributed by atoms with van der Waals surface area (Å²) in [5, 5.41) is 4.33. The second-order valence-electron chi connectivity index (χ2n) is 6.18. The van der Waals surface area contributed by atoms with Crippen molar-refractivity contribution in [3.8, 4) is 5.00 Å². The van der Waals surface area contributed by atoms with Crippen LogP contribution in [0.2, 0.25) is 0 Å². The van der Waals surface area contributed by atoms with Crippen molar-refractivity contribution in [2.75, 3.05) is 5.75 Å². The normalized spacial score (nSPS) is 18.8. The number of carbonyl (C=O) groups excluding carboxylic acids is 1. The van der Waals surface area contributed by atoms with Crippen molar-refractivity contribution in [1.82, 2.24) is 9.88 Å². The van der Waals surface area contributed by atoms with Gasteiger partial charge >= 0.3 is 0 Å². The van der Waals surface area contributed by atoms with Gasteiger partial charge < -0.3 is 9.88 Å². The third-order valence-electron chi connectivity index (χ3n) is 4.56. The van der Waals surface area contributed by atoms with Gasteiger partial charge in [-0.3, -0.25) is 4.79 Å².